The maximum absolute atomic E-state index is 12.5. The summed E-state index contributed by atoms with van der Waals surface area (Å²) in [7, 11) is 0. The highest BCUT2D eigenvalue weighted by Crippen LogP contribution is 2.11. The molecule has 0 aliphatic rings. The molecule has 21 heavy (non-hydrogen) atoms. The van der Waals surface area contributed by atoms with E-state index in [0.29, 0.717) is 11.5 Å². The number of rotatable bonds is 3. The van der Waals surface area contributed by atoms with E-state index in [1.165, 1.54) is 4.68 Å². The van der Waals surface area contributed by atoms with E-state index in [4.69, 9.17) is 0 Å². The number of aryl methyl sites for hydroxylation is 1. The first-order chi connectivity index (χ1) is 10.3. The van der Waals surface area contributed by atoms with Gasteiger partial charge in [-0.05, 0) is 18.4 Å². The first kappa shape index (κ1) is 13.4. The van der Waals surface area contributed by atoms with E-state index in [0.717, 1.165) is 10.4 Å². The van der Waals surface area contributed by atoms with Crippen molar-refractivity contribution < 1.29 is 0 Å². The molecule has 2 heterocycles. The molecule has 104 valence electrons. The van der Waals surface area contributed by atoms with Crippen LogP contribution in [0.3, 0.4) is 0 Å². The molecular weight excluding hydrogens is 284 g/mol. The summed E-state index contributed by atoms with van der Waals surface area (Å²) in [6.07, 6.45) is 1.65. The molecule has 0 aliphatic carbocycles. The van der Waals surface area contributed by atoms with E-state index in [2.05, 4.69) is 15.3 Å². The van der Waals surface area contributed by atoms with E-state index < -0.39 is 0 Å². The van der Waals surface area contributed by atoms with Gasteiger partial charge in [-0.3, -0.25) is 4.79 Å². The summed E-state index contributed by atoms with van der Waals surface area (Å²) in [4.78, 5) is 13.5. The molecule has 3 aromatic rings. The number of benzene rings is 1. The second-order valence-corrected chi connectivity index (χ2v) is 5.32. The fourth-order valence-corrected chi connectivity index (χ4v) is 2.43. The molecule has 2 aromatic heterocycles. The lowest BCUT2D eigenvalue weighted by atomic mass is 10.2. The summed E-state index contributed by atoms with van der Waals surface area (Å²) in [6, 6.07) is 13.1. The van der Waals surface area contributed by atoms with E-state index >= 15 is 0 Å². The number of nitrogens with zero attached hydrogens (tertiary/aromatic N) is 4. The van der Waals surface area contributed by atoms with E-state index in [-0.39, 0.29) is 5.56 Å². The summed E-state index contributed by atoms with van der Waals surface area (Å²) in [6.45, 7) is 1.70. The molecule has 0 N–H and O–H groups in total. The molecule has 0 atom stereocenters. The second-order valence-electron chi connectivity index (χ2n) is 4.34. The second kappa shape index (κ2) is 5.80. The Balaban J connectivity index is 2.07. The van der Waals surface area contributed by atoms with Gasteiger partial charge in [0.25, 0.3) is 0 Å². The molecule has 0 saturated heterocycles. The van der Waals surface area contributed by atoms with Crippen LogP contribution in [0.5, 0.6) is 0 Å². The van der Waals surface area contributed by atoms with Gasteiger partial charge in [0, 0.05) is 10.4 Å². The molecule has 0 bridgehead atoms. The highest BCUT2D eigenvalue weighted by Gasteiger charge is 2.10. The largest absolute Gasteiger partial charge is 0.301 e. The Morgan fingerprint density at radius 1 is 1.14 bits per heavy atom. The molecule has 6 heteroatoms. The Labute approximate surface area is 125 Å². The predicted molar refractivity (Wildman–Crippen MR) is 83.8 cm³/mol. The number of hydrogen-bond donors (Lipinski definition) is 0. The Bertz CT molecular complexity index is 823. The van der Waals surface area contributed by atoms with Gasteiger partial charge in [-0.1, -0.05) is 36.4 Å². The van der Waals surface area contributed by atoms with Crippen molar-refractivity contribution >= 4 is 17.6 Å². The minimum Gasteiger partial charge on any atom is -0.265 e. The van der Waals surface area contributed by atoms with Crippen LogP contribution in [0.1, 0.15) is 10.7 Å². The average molecular weight is 296 g/mol. The van der Waals surface area contributed by atoms with Crippen molar-refractivity contribution in [1.82, 2.24) is 14.9 Å². The number of aromatic nitrogens is 3. The number of hydrogen-bond acceptors (Lipinski definition) is 5. The van der Waals surface area contributed by atoms with Crippen LogP contribution < -0.4 is 5.56 Å². The normalized spacial score (nSPS) is 11.1. The topological polar surface area (TPSA) is 60.1 Å². The van der Waals surface area contributed by atoms with Crippen LogP contribution in [-0.2, 0) is 0 Å². The van der Waals surface area contributed by atoms with Crippen LogP contribution in [0.2, 0.25) is 0 Å². The van der Waals surface area contributed by atoms with Gasteiger partial charge in [-0.2, -0.15) is 9.78 Å². The Hall–Kier alpha value is -2.60. The number of thiophene rings is 1. The maximum atomic E-state index is 12.5. The van der Waals surface area contributed by atoms with Gasteiger partial charge in [0.15, 0.2) is 11.5 Å². The van der Waals surface area contributed by atoms with Crippen molar-refractivity contribution in [3.63, 3.8) is 0 Å². The quantitative estimate of drug-likeness (QED) is 0.698. The van der Waals surface area contributed by atoms with Crippen LogP contribution in [0.25, 0.3) is 11.3 Å². The molecule has 0 aliphatic heterocycles. The first-order valence-electron chi connectivity index (χ1n) is 6.35. The lowest BCUT2D eigenvalue weighted by Gasteiger charge is -2.04. The Morgan fingerprint density at radius 2 is 1.95 bits per heavy atom. The van der Waals surface area contributed by atoms with Crippen molar-refractivity contribution in [2.75, 3.05) is 0 Å². The summed E-state index contributed by atoms with van der Waals surface area (Å²) >= 11 is 1.55. The zero-order chi connectivity index (χ0) is 14.7. The highest BCUT2D eigenvalue weighted by atomic mass is 32.1. The predicted octanol–water partition coefficient (Wildman–Crippen LogP) is 2.56. The minimum absolute atomic E-state index is 0.276. The summed E-state index contributed by atoms with van der Waals surface area (Å²) < 4.78 is 1.27. The van der Waals surface area contributed by atoms with Crippen LogP contribution in [-0.4, -0.2) is 21.1 Å². The molecule has 0 spiro atoms. The molecule has 3 rings (SSSR count). The molecular formula is C15H12N4OS. The standard InChI is InChI=1S/C15H12N4OS/c1-11-17-18-14(12-6-3-2-4-7-12)15(20)19(11)16-10-13-8-5-9-21-13/h2-10H,1H3/b16-10+. The van der Waals surface area contributed by atoms with Crippen molar-refractivity contribution in [2.45, 2.75) is 6.92 Å². The molecule has 5 nitrogen and oxygen atoms in total. The van der Waals surface area contributed by atoms with Gasteiger partial charge in [0.1, 0.15) is 0 Å². The minimum atomic E-state index is -0.276. The Morgan fingerprint density at radius 3 is 2.67 bits per heavy atom. The van der Waals surface area contributed by atoms with Crippen molar-refractivity contribution in [3.8, 4) is 11.3 Å². The molecule has 1 aromatic carbocycles. The zero-order valence-corrected chi connectivity index (χ0v) is 12.1. The van der Waals surface area contributed by atoms with Crippen LogP contribution in [0.4, 0.5) is 0 Å². The summed E-state index contributed by atoms with van der Waals surface area (Å²) in [5, 5.41) is 14.2. The third-order valence-electron chi connectivity index (χ3n) is 2.89. The molecule has 0 radical (unpaired) electrons. The summed E-state index contributed by atoms with van der Waals surface area (Å²) in [5.41, 5.74) is 0.751. The van der Waals surface area contributed by atoms with Crippen molar-refractivity contribution in [2.24, 2.45) is 5.10 Å². The average Bonchev–Trinajstić information content (AvgIpc) is 3.01. The SMILES string of the molecule is Cc1nnc(-c2ccccc2)c(=O)n1/N=C/c1cccs1. The van der Waals surface area contributed by atoms with Crippen LogP contribution in [0.15, 0.2) is 57.7 Å². The molecule has 0 saturated carbocycles. The maximum Gasteiger partial charge on any atom is 0.301 e. The fraction of sp³-hybridized carbons (Fsp3) is 0.0667. The van der Waals surface area contributed by atoms with Gasteiger partial charge in [-0.25, -0.2) is 0 Å². The van der Waals surface area contributed by atoms with Crippen molar-refractivity contribution in [3.05, 3.63) is 68.9 Å². The van der Waals surface area contributed by atoms with Crippen LogP contribution in [0, 0.1) is 6.92 Å². The lowest BCUT2D eigenvalue weighted by Crippen LogP contribution is -2.23. The lowest BCUT2D eigenvalue weighted by molar-refractivity contribution is 0.717. The van der Waals surface area contributed by atoms with E-state index in [1.54, 1.807) is 24.5 Å². The first-order valence-corrected chi connectivity index (χ1v) is 7.23. The molecule has 0 fully saturated rings. The van der Waals surface area contributed by atoms with Gasteiger partial charge in [-0.15, -0.1) is 21.5 Å². The third kappa shape index (κ3) is 2.80. The summed E-state index contributed by atoms with van der Waals surface area (Å²) in [5.74, 6) is 0.451. The van der Waals surface area contributed by atoms with Gasteiger partial charge >= 0.3 is 5.56 Å². The third-order valence-corrected chi connectivity index (χ3v) is 3.69. The smallest absolute Gasteiger partial charge is 0.265 e. The van der Waals surface area contributed by atoms with Gasteiger partial charge in [0.05, 0.1) is 6.21 Å². The highest BCUT2D eigenvalue weighted by molar-refractivity contribution is 7.11. The Kier molecular flexibility index (Phi) is 3.70. The van der Waals surface area contributed by atoms with Crippen LogP contribution >= 0.6 is 11.3 Å². The van der Waals surface area contributed by atoms with E-state index in [9.17, 15) is 4.79 Å². The fourth-order valence-electron chi connectivity index (χ4n) is 1.85. The monoisotopic (exact) mass is 296 g/mol. The van der Waals surface area contributed by atoms with E-state index in [1.807, 2.05) is 47.8 Å². The van der Waals surface area contributed by atoms with Gasteiger partial charge < -0.3 is 0 Å². The van der Waals surface area contributed by atoms with Crippen molar-refractivity contribution in [1.29, 1.82) is 0 Å². The zero-order valence-electron chi connectivity index (χ0n) is 11.3. The molecule has 0 amide bonds. The van der Waals surface area contributed by atoms with Gasteiger partial charge in [0.2, 0.25) is 0 Å². The molecule has 0 unspecified atom stereocenters.